The molecule has 0 saturated heterocycles. The van der Waals surface area contributed by atoms with E-state index in [1.54, 1.807) is 0 Å². The zero-order valence-corrected chi connectivity index (χ0v) is 12.9. The quantitative estimate of drug-likeness (QED) is 0.478. The molecule has 122 valence electrons. The van der Waals surface area contributed by atoms with Crippen molar-refractivity contribution < 1.29 is 24.5 Å². The van der Waals surface area contributed by atoms with E-state index in [4.69, 9.17) is 9.47 Å². The molecule has 0 spiro atoms. The molecule has 5 nitrogen and oxygen atoms in total. The Hall–Kier alpha value is -1.07. The van der Waals surface area contributed by atoms with Gasteiger partial charge in [-0.1, -0.05) is 45.4 Å². The van der Waals surface area contributed by atoms with E-state index in [0.29, 0.717) is 6.42 Å². The molecule has 0 saturated carbocycles. The molecule has 0 amide bonds. The van der Waals surface area contributed by atoms with E-state index < -0.39 is 18.3 Å². The molecule has 3 atom stereocenters. The molecule has 0 aliphatic carbocycles. The van der Waals surface area contributed by atoms with Gasteiger partial charge >= 0.3 is 5.97 Å². The van der Waals surface area contributed by atoms with Gasteiger partial charge in [0.2, 0.25) is 0 Å². The van der Waals surface area contributed by atoms with Crippen LogP contribution in [-0.2, 0) is 14.3 Å². The van der Waals surface area contributed by atoms with E-state index in [-0.39, 0.29) is 12.6 Å². The van der Waals surface area contributed by atoms with Crippen molar-refractivity contribution in [2.45, 2.75) is 76.6 Å². The van der Waals surface area contributed by atoms with Crippen molar-refractivity contribution in [2.24, 2.45) is 0 Å². The smallest absolute Gasteiger partial charge is 0.305 e. The topological polar surface area (TPSA) is 76.0 Å². The van der Waals surface area contributed by atoms with Gasteiger partial charge in [-0.2, -0.15) is 0 Å². The normalized spacial score (nSPS) is 24.6. The third-order valence-electron chi connectivity index (χ3n) is 3.65. The van der Waals surface area contributed by atoms with Crippen LogP contribution in [0.4, 0.5) is 0 Å². The van der Waals surface area contributed by atoms with E-state index >= 15 is 0 Å². The van der Waals surface area contributed by atoms with Crippen molar-refractivity contribution in [1.82, 2.24) is 0 Å². The summed E-state index contributed by atoms with van der Waals surface area (Å²) in [7, 11) is 0. The molecular weight excluding hydrogens is 272 g/mol. The average molecular weight is 300 g/mol. The number of carbonyl (C=O) groups excluding carboxylic acids is 1. The summed E-state index contributed by atoms with van der Waals surface area (Å²) in [5.74, 6) is -0.275. The molecular formula is C16H28O5. The molecule has 0 aromatic carbocycles. The number of rotatable bonds is 10. The van der Waals surface area contributed by atoms with Crippen molar-refractivity contribution in [2.75, 3.05) is 6.61 Å². The fourth-order valence-corrected chi connectivity index (χ4v) is 2.25. The summed E-state index contributed by atoms with van der Waals surface area (Å²) in [6.07, 6.45) is 8.44. The fraction of sp³-hybridized carbons (Fsp3) is 0.812. The van der Waals surface area contributed by atoms with E-state index in [2.05, 4.69) is 6.92 Å². The Morgan fingerprint density at radius 2 is 1.81 bits per heavy atom. The second kappa shape index (κ2) is 10.6. The highest BCUT2D eigenvalue weighted by Gasteiger charge is 2.29. The molecule has 1 heterocycles. The second-order valence-corrected chi connectivity index (χ2v) is 5.54. The number of unbranched alkanes of at least 4 members (excludes halogenated alkanes) is 6. The first-order chi connectivity index (χ1) is 10.1. The van der Waals surface area contributed by atoms with Gasteiger partial charge in [0.1, 0.15) is 18.8 Å². The van der Waals surface area contributed by atoms with E-state index in [9.17, 15) is 15.0 Å². The van der Waals surface area contributed by atoms with Crippen LogP contribution in [0.15, 0.2) is 12.3 Å². The van der Waals surface area contributed by atoms with Gasteiger partial charge in [-0.25, -0.2) is 0 Å². The predicted octanol–water partition coefficient (Wildman–Crippen LogP) is 2.30. The first-order valence-corrected chi connectivity index (χ1v) is 7.99. The van der Waals surface area contributed by atoms with Gasteiger partial charge in [-0.3, -0.25) is 4.79 Å². The van der Waals surface area contributed by atoms with E-state index in [1.165, 1.54) is 38.0 Å². The first-order valence-electron chi connectivity index (χ1n) is 7.99. The van der Waals surface area contributed by atoms with Gasteiger partial charge in [0.25, 0.3) is 0 Å². The lowest BCUT2D eigenvalue weighted by molar-refractivity contribution is -0.152. The number of aliphatic hydroxyl groups excluding tert-OH is 2. The molecule has 0 aromatic heterocycles. The van der Waals surface area contributed by atoms with Crippen LogP contribution >= 0.6 is 0 Å². The van der Waals surface area contributed by atoms with Crippen LogP contribution in [0.1, 0.15) is 58.3 Å². The van der Waals surface area contributed by atoms with E-state index in [0.717, 1.165) is 19.3 Å². The summed E-state index contributed by atoms with van der Waals surface area (Å²) in [5.41, 5.74) is 0. The molecule has 2 N–H and O–H groups in total. The van der Waals surface area contributed by atoms with Crippen LogP contribution in [0.25, 0.3) is 0 Å². The van der Waals surface area contributed by atoms with Gasteiger partial charge < -0.3 is 19.7 Å². The molecule has 0 unspecified atom stereocenters. The van der Waals surface area contributed by atoms with Crippen LogP contribution in [-0.4, -0.2) is 41.1 Å². The van der Waals surface area contributed by atoms with Gasteiger partial charge in [0, 0.05) is 6.42 Å². The number of hydrogen-bond donors (Lipinski definition) is 2. The molecule has 0 radical (unpaired) electrons. The van der Waals surface area contributed by atoms with Gasteiger partial charge in [-0.05, 0) is 12.5 Å². The van der Waals surface area contributed by atoms with Crippen LogP contribution in [0.3, 0.4) is 0 Å². The summed E-state index contributed by atoms with van der Waals surface area (Å²) >= 11 is 0. The predicted molar refractivity (Wildman–Crippen MR) is 79.6 cm³/mol. The lowest BCUT2D eigenvalue weighted by Gasteiger charge is -2.27. The van der Waals surface area contributed by atoms with Crippen molar-refractivity contribution in [3.8, 4) is 0 Å². The van der Waals surface area contributed by atoms with Gasteiger partial charge in [-0.15, -0.1) is 0 Å². The maximum atomic E-state index is 11.6. The largest absolute Gasteiger partial charge is 0.492 e. The Morgan fingerprint density at radius 1 is 1.14 bits per heavy atom. The lowest BCUT2D eigenvalue weighted by atomic mass is 10.1. The fourth-order valence-electron chi connectivity index (χ4n) is 2.25. The molecule has 1 rings (SSSR count). The van der Waals surface area contributed by atoms with E-state index in [1.807, 2.05) is 0 Å². The van der Waals surface area contributed by atoms with Crippen LogP contribution in [0, 0.1) is 0 Å². The number of aliphatic hydroxyl groups is 2. The Labute approximate surface area is 126 Å². The van der Waals surface area contributed by atoms with Crippen LogP contribution in [0.5, 0.6) is 0 Å². The monoisotopic (exact) mass is 300 g/mol. The average Bonchev–Trinajstić information content (AvgIpc) is 2.48. The maximum absolute atomic E-state index is 11.6. The molecule has 0 fully saturated rings. The van der Waals surface area contributed by atoms with Crippen molar-refractivity contribution in [1.29, 1.82) is 0 Å². The molecule has 1 aliphatic heterocycles. The first kappa shape index (κ1) is 18.0. The second-order valence-electron chi connectivity index (χ2n) is 5.54. The van der Waals surface area contributed by atoms with Crippen molar-refractivity contribution in [3.63, 3.8) is 0 Å². The minimum atomic E-state index is -1.05. The highest BCUT2D eigenvalue weighted by Crippen LogP contribution is 2.13. The molecule has 21 heavy (non-hydrogen) atoms. The SMILES string of the molecule is CCCCCCCCCC(=O)OC[C@H]1OC=C[C@H](O)[C@@H]1O. The van der Waals surface area contributed by atoms with Crippen molar-refractivity contribution >= 4 is 5.97 Å². The van der Waals surface area contributed by atoms with Crippen LogP contribution in [0.2, 0.25) is 0 Å². The minimum absolute atomic E-state index is 0.0299. The molecule has 1 aliphatic rings. The summed E-state index contributed by atoms with van der Waals surface area (Å²) in [6, 6.07) is 0. The maximum Gasteiger partial charge on any atom is 0.305 e. The Balaban J connectivity index is 2.02. The standard InChI is InChI=1S/C16H28O5/c1-2-3-4-5-6-7-8-9-15(18)21-12-14-16(19)13(17)10-11-20-14/h10-11,13-14,16-17,19H,2-9,12H2,1H3/t13-,14+,16-/m0/s1. The summed E-state index contributed by atoms with van der Waals surface area (Å²) in [6.45, 7) is 2.16. The zero-order chi connectivity index (χ0) is 15.5. The number of esters is 1. The lowest BCUT2D eigenvalue weighted by Crippen LogP contribution is -2.43. The summed E-state index contributed by atoms with van der Waals surface area (Å²) in [4.78, 5) is 11.6. The minimum Gasteiger partial charge on any atom is -0.492 e. The summed E-state index contributed by atoms with van der Waals surface area (Å²) < 4.78 is 10.2. The summed E-state index contributed by atoms with van der Waals surface area (Å²) in [5, 5.41) is 19.1. The Bertz CT molecular complexity index is 316. The third-order valence-corrected chi connectivity index (χ3v) is 3.65. The van der Waals surface area contributed by atoms with Gasteiger partial charge in [0.05, 0.1) is 6.26 Å². The molecule has 0 bridgehead atoms. The molecule has 0 aromatic rings. The Kier molecular flexibility index (Phi) is 9.10. The van der Waals surface area contributed by atoms with Crippen LogP contribution < -0.4 is 0 Å². The highest BCUT2D eigenvalue weighted by molar-refractivity contribution is 5.69. The van der Waals surface area contributed by atoms with Crippen molar-refractivity contribution in [3.05, 3.63) is 12.3 Å². The molecule has 5 heteroatoms. The number of hydrogen-bond acceptors (Lipinski definition) is 5. The Morgan fingerprint density at radius 3 is 2.52 bits per heavy atom. The number of ether oxygens (including phenoxy) is 2. The highest BCUT2D eigenvalue weighted by atomic mass is 16.6. The third kappa shape index (κ3) is 7.48. The number of carbonyl (C=O) groups is 1. The zero-order valence-electron chi connectivity index (χ0n) is 12.9. The van der Waals surface area contributed by atoms with Gasteiger partial charge in [0.15, 0.2) is 6.10 Å².